The van der Waals surface area contributed by atoms with Gasteiger partial charge in [-0.3, -0.25) is 9.59 Å². The van der Waals surface area contributed by atoms with E-state index in [1.54, 1.807) is 0 Å². The van der Waals surface area contributed by atoms with E-state index in [4.69, 9.17) is 11.6 Å². The van der Waals surface area contributed by atoms with Gasteiger partial charge in [-0.2, -0.15) is 13.2 Å². The smallest absolute Gasteiger partial charge is 0.391 e. The van der Waals surface area contributed by atoms with Gasteiger partial charge in [0.15, 0.2) is 5.41 Å². The van der Waals surface area contributed by atoms with Crippen LogP contribution in [0.4, 0.5) is 13.2 Å². The van der Waals surface area contributed by atoms with E-state index < -0.39 is 35.5 Å². The molecule has 0 saturated heterocycles. The number of carboxylic acid groups (broad SMARTS) is 1. The fraction of sp³-hybridized carbons (Fsp3) is 0.385. The number of carbonyl (C=O) groups excluding carboxylic acids is 1. The van der Waals surface area contributed by atoms with Crippen molar-refractivity contribution < 1.29 is 32.6 Å². The van der Waals surface area contributed by atoms with Crippen molar-refractivity contribution in [2.75, 3.05) is 6.61 Å². The maximum atomic E-state index is 12.8. The Morgan fingerprint density at radius 1 is 1.29 bits per heavy atom. The first-order valence-corrected chi connectivity index (χ1v) is 6.25. The Hall–Kier alpha value is -1.76. The highest BCUT2D eigenvalue weighted by Crippen LogP contribution is 2.41. The van der Waals surface area contributed by atoms with Gasteiger partial charge in [-0.05, 0) is 18.6 Å². The van der Waals surface area contributed by atoms with Crippen LogP contribution in [0.25, 0.3) is 0 Å². The third-order valence-electron chi connectivity index (χ3n) is 2.79. The number of carboxylic acids is 1. The number of hydrogen-bond acceptors (Lipinski definition) is 3. The molecule has 0 fully saturated rings. The maximum Gasteiger partial charge on any atom is 0.391 e. The molecule has 8 heteroatoms. The Morgan fingerprint density at radius 3 is 2.29 bits per heavy atom. The number of benzene rings is 1. The molecule has 0 amide bonds. The van der Waals surface area contributed by atoms with E-state index in [0.717, 1.165) is 6.07 Å². The van der Waals surface area contributed by atoms with Crippen LogP contribution in [-0.4, -0.2) is 29.8 Å². The number of aliphatic carboxylic acids is 1. The second kappa shape index (κ2) is 6.34. The van der Waals surface area contributed by atoms with Gasteiger partial charge >= 0.3 is 18.1 Å². The molecule has 1 N–H and O–H groups in total. The van der Waals surface area contributed by atoms with Crippen LogP contribution in [0.15, 0.2) is 24.3 Å². The molecule has 0 aliphatic rings. The van der Waals surface area contributed by atoms with Crippen LogP contribution in [0, 0.1) is 0 Å². The van der Waals surface area contributed by atoms with Crippen molar-refractivity contribution in [2.45, 2.75) is 24.9 Å². The zero-order valence-corrected chi connectivity index (χ0v) is 11.7. The molecule has 1 atom stereocenters. The van der Waals surface area contributed by atoms with E-state index in [2.05, 4.69) is 4.74 Å². The zero-order chi connectivity index (χ0) is 16.3. The molecule has 0 saturated carbocycles. The molecule has 21 heavy (non-hydrogen) atoms. The van der Waals surface area contributed by atoms with Crippen molar-refractivity contribution in [1.82, 2.24) is 0 Å². The standard InChI is InChI=1S/C13H12ClF3O4/c1-2-21-11(20)12(10(18)19,7-13(15,16)17)8-5-3-4-6-9(8)14/h3-6H,2,7H2,1H3,(H,18,19). The van der Waals surface area contributed by atoms with Crippen LogP contribution in [-0.2, 0) is 19.7 Å². The van der Waals surface area contributed by atoms with Crippen LogP contribution in [0.2, 0.25) is 5.02 Å². The van der Waals surface area contributed by atoms with Gasteiger partial charge in [0.1, 0.15) is 0 Å². The number of ether oxygens (including phenoxy) is 1. The summed E-state index contributed by atoms with van der Waals surface area (Å²) in [6, 6.07) is 5.00. The fourth-order valence-corrected chi connectivity index (χ4v) is 2.21. The van der Waals surface area contributed by atoms with Crippen LogP contribution in [0.5, 0.6) is 0 Å². The minimum Gasteiger partial charge on any atom is -0.480 e. The summed E-state index contributed by atoms with van der Waals surface area (Å²) in [4.78, 5) is 23.5. The summed E-state index contributed by atoms with van der Waals surface area (Å²) in [5.74, 6) is -3.46. The average Bonchev–Trinajstić information content (AvgIpc) is 2.35. The van der Waals surface area contributed by atoms with Crippen LogP contribution < -0.4 is 0 Å². The molecule has 116 valence electrons. The summed E-state index contributed by atoms with van der Waals surface area (Å²) >= 11 is 5.79. The first-order valence-electron chi connectivity index (χ1n) is 5.87. The van der Waals surface area contributed by atoms with Crippen molar-refractivity contribution in [3.05, 3.63) is 34.9 Å². The van der Waals surface area contributed by atoms with Crippen LogP contribution in [0.3, 0.4) is 0 Å². The van der Waals surface area contributed by atoms with E-state index in [0.29, 0.717) is 0 Å². The summed E-state index contributed by atoms with van der Waals surface area (Å²) in [5, 5.41) is 9.05. The molecule has 0 spiro atoms. The predicted octanol–water partition coefficient (Wildman–Crippen LogP) is 3.18. The first kappa shape index (κ1) is 17.3. The molecular formula is C13H12ClF3O4. The monoisotopic (exact) mass is 324 g/mol. The van der Waals surface area contributed by atoms with Crippen molar-refractivity contribution in [3.8, 4) is 0 Å². The summed E-state index contributed by atoms with van der Waals surface area (Å²) in [6.45, 7) is 1.11. The van der Waals surface area contributed by atoms with Crippen molar-refractivity contribution in [2.24, 2.45) is 0 Å². The van der Waals surface area contributed by atoms with E-state index in [-0.39, 0.29) is 11.6 Å². The van der Waals surface area contributed by atoms with Gasteiger partial charge in [0.05, 0.1) is 13.0 Å². The van der Waals surface area contributed by atoms with Crippen LogP contribution in [0.1, 0.15) is 18.9 Å². The number of alkyl halides is 3. The van der Waals surface area contributed by atoms with Crippen molar-refractivity contribution in [1.29, 1.82) is 0 Å². The largest absolute Gasteiger partial charge is 0.480 e. The van der Waals surface area contributed by atoms with E-state index in [1.807, 2.05) is 0 Å². The lowest BCUT2D eigenvalue weighted by atomic mass is 9.77. The molecule has 1 aromatic carbocycles. The molecule has 1 aromatic rings. The SMILES string of the molecule is CCOC(=O)C(CC(F)(F)F)(C(=O)O)c1ccccc1Cl. The van der Waals surface area contributed by atoms with Crippen molar-refractivity contribution in [3.63, 3.8) is 0 Å². The lowest BCUT2D eigenvalue weighted by Gasteiger charge is -2.29. The average molecular weight is 325 g/mol. The maximum absolute atomic E-state index is 12.8. The third kappa shape index (κ3) is 3.66. The highest BCUT2D eigenvalue weighted by Gasteiger charge is 2.57. The van der Waals surface area contributed by atoms with E-state index in [9.17, 15) is 27.9 Å². The predicted molar refractivity (Wildman–Crippen MR) is 68.1 cm³/mol. The third-order valence-corrected chi connectivity index (χ3v) is 3.12. The summed E-state index contributed by atoms with van der Waals surface area (Å²) < 4.78 is 43.0. The van der Waals surface area contributed by atoms with Gasteiger partial charge in [0.25, 0.3) is 0 Å². The van der Waals surface area contributed by atoms with Gasteiger partial charge in [-0.15, -0.1) is 0 Å². The molecule has 0 aliphatic carbocycles. The molecule has 4 nitrogen and oxygen atoms in total. The minimum atomic E-state index is -4.90. The number of esters is 1. The van der Waals surface area contributed by atoms with Gasteiger partial charge in [0.2, 0.25) is 0 Å². The highest BCUT2D eigenvalue weighted by atomic mass is 35.5. The van der Waals surface area contributed by atoms with Gasteiger partial charge < -0.3 is 9.84 Å². The Balaban J connectivity index is 3.56. The molecule has 0 radical (unpaired) electrons. The Bertz CT molecular complexity index is 544. The van der Waals surface area contributed by atoms with Gasteiger partial charge in [-0.1, -0.05) is 29.8 Å². The highest BCUT2D eigenvalue weighted by molar-refractivity contribution is 6.32. The van der Waals surface area contributed by atoms with Gasteiger partial charge in [-0.25, -0.2) is 0 Å². The Morgan fingerprint density at radius 2 is 1.86 bits per heavy atom. The lowest BCUT2D eigenvalue weighted by Crippen LogP contribution is -2.48. The van der Waals surface area contributed by atoms with Crippen LogP contribution >= 0.6 is 11.6 Å². The van der Waals surface area contributed by atoms with Gasteiger partial charge in [0, 0.05) is 5.02 Å². The molecule has 0 aliphatic heterocycles. The molecule has 0 heterocycles. The number of halogens is 4. The molecular weight excluding hydrogens is 313 g/mol. The second-order valence-electron chi connectivity index (χ2n) is 4.20. The second-order valence-corrected chi connectivity index (χ2v) is 4.61. The fourth-order valence-electron chi connectivity index (χ4n) is 1.92. The Labute approximate surface area is 123 Å². The number of carbonyl (C=O) groups is 2. The summed E-state index contributed by atoms with van der Waals surface area (Å²) in [5.41, 5.74) is -3.37. The number of rotatable bonds is 5. The summed E-state index contributed by atoms with van der Waals surface area (Å²) in [7, 11) is 0. The number of hydrogen-bond donors (Lipinski definition) is 1. The summed E-state index contributed by atoms with van der Waals surface area (Å²) in [6.07, 6.45) is -6.80. The molecule has 0 bridgehead atoms. The minimum absolute atomic E-state index is 0.253. The molecule has 1 rings (SSSR count). The first-order chi connectivity index (χ1) is 9.65. The quantitative estimate of drug-likeness (QED) is 0.667. The van der Waals surface area contributed by atoms with E-state index >= 15 is 0 Å². The van der Waals surface area contributed by atoms with Crippen molar-refractivity contribution >= 4 is 23.5 Å². The molecule has 0 aromatic heterocycles. The zero-order valence-electron chi connectivity index (χ0n) is 10.9. The normalized spacial score (nSPS) is 14.3. The topological polar surface area (TPSA) is 63.6 Å². The van der Waals surface area contributed by atoms with E-state index in [1.165, 1.54) is 25.1 Å². The lowest BCUT2D eigenvalue weighted by molar-refractivity contribution is -0.182. The molecule has 1 unspecified atom stereocenters. The Kier molecular flexibility index (Phi) is 5.22.